The maximum atomic E-state index is 5.97. The van der Waals surface area contributed by atoms with Crippen LogP contribution in [0.15, 0.2) is 54.9 Å². The van der Waals surface area contributed by atoms with Crippen LogP contribution in [0.2, 0.25) is 0 Å². The Labute approximate surface area is 111 Å². The largest absolute Gasteiger partial charge is 0.382 e. The number of hydrogen-bond donors (Lipinski definition) is 2. The van der Waals surface area contributed by atoms with Gasteiger partial charge >= 0.3 is 0 Å². The molecule has 3 aromatic rings. The minimum atomic E-state index is 0.552. The standard InChI is InChI=1S/C15H14N4/c16-15-13(10-11-4-2-1-3-5-11)14(18-19-15)12-6-8-17-9-7-12/h1-9H,10H2,(H3,16,18,19). The average molecular weight is 250 g/mol. The van der Waals surface area contributed by atoms with Gasteiger partial charge in [-0.05, 0) is 17.7 Å². The van der Waals surface area contributed by atoms with E-state index in [4.69, 9.17) is 5.73 Å². The number of pyridine rings is 1. The fourth-order valence-corrected chi connectivity index (χ4v) is 2.12. The first-order valence-corrected chi connectivity index (χ1v) is 6.11. The summed E-state index contributed by atoms with van der Waals surface area (Å²) in [5.74, 6) is 0.552. The van der Waals surface area contributed by atoms with Crippen molar-refractivity contribution in [1.29, 1.82) is 0 Å². The number of anilines is 1. The van der Waals surface area contributed by atoms with Crippen LogP contribution in [-0.4, -0.2) is 15.2 Å². The molecule has 0 unspecified atom stereocenters. The third kappa shape index (κ3) is 2.33. The molecule has 4 nitrogen and oxygen atoms in total. The summed E-state index contributed by atoms with van der Waals surface area (Å²) in [4.78, 5) is 4.03. The molecule has 0 spiro atoms. The number of nitrogen functional groups attached to an aromatic ring is 1. The van der Waals surface area contributed by atoms with Gasteiger partial charge in [-0.2, -0.15) is 5.10 Å². The minimum Gasteiger partial charge on any atom is -0.382 e. The van der Waals surface area contributed by atoms with E-state index in [-0.39, 0.29) is 0 Å². The van der Waals surface area contributed by atoms with E-state index in [0.717, 1.165) is 23.2 Å². The summed E-state index contributed by atoms with van der Waals surface area (Å²) in [7, 11) is 0. The second-order valence-corrected chi connectivity index (χ2v) is 4.36. The molecule has 94 valence electrons. The summed E-state index contributed by atoms with van der Waals surface area (Å²) < 4.78 is 0. The average Bonchev–Trinajstić information content (AvgIpc) is 2.82. The van der Waals surface area contributed by atoms with Crippen LogP contribution < -0.4 is 5.73 Å². The summed E-state index contributed by atoms with van der Waals surface area (Å²) in [5.41, 5.74) is 10.2. The zero-order chi connectivity index (χ0) is 13.1. The quantitative estimate of drug-likeness (QED) is 0.751. The topological polar surface area (TPSA) is 67.6 Å². The Kier molecular flexibility index (Phi) is 2.98. The Morgan fingerprint density at radius 2 is 1.74 bits per heavy atom. The highest BCUT2D eigenvalue weighted by molar-refractivity contribution is 5.68. The van der Waals surface area contributed by atoms with Gasteiger partial charge in [0.1, 0.15) is 5.82 Å². The zero-order valence-corrected chi connectivity index (χ0v) is 10.4. The molecule has 1 aromatic carbocycles. The normalized spacial score (nSPS) is 10.5. The number of hydrogen-bond acceptors (Lipinski definition) is 3. The van der Waals surface area contributed by atoms with E-state index in [2.05, 4.69) is 27.3 Å². The third-order valence-corrected chi connectivity index (χ3v) is 3.09. The molecule has 0 radical (unpaired) electrons. The van der Waals surface area contributed by atoms with Gasteiger partial charge in [0.2, 0.25) is 0 Å². The summed E-state index contributed by atoms with van der Waals surface area (Å²) in [5, 5.41) is 7.13. The summed E-state index contributed by atoms with van der Waals surface area (Å²) >= 11 is 0. The van der Waals surface area contributed by atoms with Crippen LogP contribution in [0.5, 0.6) is 0 Å². The molecule has 0 saturated carbocycles. The van der Waals surface area contributed by atoms with E-state index in [1.54, 1.807) is 12.4 Å². The van der Waals surface area contributed by atoms with Gasteiger partial charge in [0.15, 0.2) is 0 Å². The van der Waals surface area contributed by atoms with Crippen LogP contribution in [0.1, 0.15) is 11.1 Å². The lowest BCUT2D eigenvalue weighted by molar-refractivity contribution is 1.10. The second-order valence-electron chi connectivity index (χ2n) is 4.36. The Morgan fingerprint density at radius 1 is 1.00 bits per heavy atom. The molecular formula is C15H14N4. The van der Waals surface area contributed by atoms with E-state index in [1.165, 1.54) is 5.56 Å². The van der Waals surface area contributed by atoms with E-state index in [0.29, 0.717) is 5.82 Å². The monoisotopic (exact) mass is 250 g/mol. The van der Waals surface area contributed by atoms with Crippen molar-refractivity contribution >= 4 is 5.82 Å². The molecule has 0 atom stereocenters. The third-order valence-electron chi connectivity index (χ3n) is 3.09. The number of rotatable bonds is 3. The first-order valence-electron chi connectivity index (χ1n) is 6.11. The van der Waals surface area contributed by atoms with Crippen molar-refractivity contribution in [2.24, 2.45) is 0 Å². The van der Waals surface area contributed by atoms with Crippen molar-refractivity contribution in [3.8, 4) is 11.3 Å². The molecule has 2 heterocycles. The Balaban J connectivity index is 2.00. The van der Waals surface area contributed by atoms with Crippen LogP contribution in [0.25, 0.3) is 11.3 Å². The highest BCUT2D eigenvalue weighted by Crippen LogP contribution is 2.26. The fraction of sp³-hybridized carbons (Fsp3) is 0.0667. The number of nitrogens with two attached hydrogens (primary N) is 1. The lowest BCUT2D eigenvalue weighted by Gasteiger charge is -2.04. The molecular weight excluding hydrogens is 236 g/mol. The lowest BCUT2D eigenvalue weighted by atomic mass is 10.0. The number of H-pyrrole nitrogens is 1. The molecule has 0 aliphatic carbocycles. The number of nitrogens with zero attached hydrogens (tertiary/aromatic N) is 2. The molecule has 0 aliphatic heterocycles. The van der Waals surface area contributed by atoms with Gasteiger partial charge in [-0.15, -0.1) is 0 Å². The van der Waals surface area contributed by atoms with Crippen molar-refractivity contribution in [3.05, 3.63) is 66.0 Å². The lowest BCUT2D eigenvalue weighted by Crippen LogP contribution is -1.95. The SMILES string of the molecule is Nc1n[nH]c(-c2ccncc2)c1Cc1ccccc1. The van der Waals surface area contributed by atoms with Crippen LogP contribution in [0.3, 0.4) is 0 Å². The smallest absolute Gasteiger partial charge is 0.149 e. The van der Waals surface area contributed by atoms with E-state index >= 15 is 0 Å². The van der Waals surface area contributed by atoms with Crippen LogP contribution in [0, 0.1) is 0 Å². The molecule has 2 aromatic heterocycles. The molecule has 19 heavy (non-hydrogen) atoms. The molecule has 0 bridgehead atoms. The number of aromatic nitrogens is 3. The van der Waals surface area contributed by atoms with Crippen LogP contribution in [-0.2, 0) is 6.42 Å². The molecule has 0 saturated heterocycles. The van der Waals surface area contributed by atoms with Gasteiger partial charge < -0.3 is 5.73 Å². The first-order chi connectivity index (χ1) is 9.34. The minimum absolute atomic E-state index is 0.552. The van der Waals surface area contributed by atoms with Gasteiger partial charge in [-0.1, -0.05) is 30.3 Å². The molecule has 0 aliphatic rings. The highest BCUT2D eigenvalue weighted by atomic mass is 15.2. The van der Waals surface area contributed by atoms with Crippen molar-refractivity contribution in [1.82, 2.24) is 15.2 Å². The number of aromatic amines is 1. The molecule has 0 amide bonds. The predicted octanol–water partition coefficient (Wildman–Crippen LogP) is 2.64. The van der Waals surface area contributed by atoms with Crippen molar-refractivity contribution in [3.63, 3.8) is 0 Å². The fourth-order valence-electron chi connectivity index (χ4n) is 2.12. The van der Waals surface area contributed by atoms with Crippen molar-refractivity contribution in [2.45, 2.75) is 6.42 Å². The molecule has 0 fully saturated rings. The van der Waals surface area contributed by atoms with Crippen molar-refractivity contribution in [2.75, 3.05) is 5.73 Å². The maximum Gasteiger partial charge on any atom is 0.149 e. The zero-order valence-electron chi connectivity index (χ0n) is 10.4. The van der Waals surface area contributed by atoms with Gasteiger partial charge in [-0.25, -0.2) is 0 Å². The second kappa shape index (κ2) is 4.94. The number of nitrogens with one attached hydrogen (secondary N) is 1. The van der Waals surface area contributed by atoms with Gasteiger partial charge in [-0.3, -0.25) is 10.1 Å². The van der Waals surface area contributed by atoms with E-state index < -0.39 is 0 Å². The molecule has 3 N–H and O–H groups in total. The highest BCUT2D eigenvalue weighted by Gasteiger charge is 2.12. The Bertz CT molecular complexity index is 659. The molecule has 4 heteroatoms. The Hall–Kier alpha value is -2.62. The molecule has 3 rings (SSSR count). The first kappa shape index (κ1) is 11.5. The summed E-state index contributed by atoms with van der Waals surface area (Å²) in [6.07, 6.45) is 4.29. The van der Waals surface area contributed by atoms with E-state index in [9.17, 15) is 0 Å². The maximum absolute atomic E-state index is 5.97. The summed E-state index contributed by atoms with van der Waals surface area (Å²) in [6.45, 7) is 0. The predicted molar refractivity (Wildman–Crippen MR) is 75.5 cm³/mol. The van der Waals surface area contributed by atoms with Gasteiger partial charge in [0, 0.05) is 29.9 Å². The van der Waals surface area contributed by atoms with E-state index in [1.807, 2.05) is 30.3 Å². The van der Waals surface area contributed by atoms with Crippen LogP contribution in [0.4, 0.5) is 5.82 Å². The van der Waals surface area contributed by atoms with Gasteiger partial charge in [0.25, 0.3) is 0 Å². The summed E-state index contributed by atoms with van der Waals surface area (Å²) in [6, 6.07) is 14.1. The number of benzene rings is 1. The Morgan fingerprint density at radius 3 is 2.47 bits per heavy atom. The van der Waals surface area contributed by atoms with Crippen molar-refractivity contribution < 1.29 is 0 Å². The van der Waals surface area contributed by atoms with Crippen LogP contribution >= 0.6 is 0 Å². The van der Waals surface area contributed by atoms with Gasteiger partial charge in [0.05, 0.1) is 5.69 Å².